The second-order valence-corrected chi connectivity index (χ2v) is 4.18. The minimum Gasteiger partial charge on any atom is -0.473 e. The fourth-order valence-electron chi connectivity index (χ4n) is 1.51. The molecule has 0 aliphatic carbocycles. The molecule has 0 saturated heterocycles. The van der Waals surface area contributed by atoms with Gasteiger partial charge in [-0.3, -0.25) is 10.1 Å². The Balaban J connectivity index is 3.28. The molecule has 0 aliphatic heterocycles. The summed E-state index contributed by atoms with van der Waals surface area (Å²) < 4.78 is 5.23. The van der Waals surface area contributed by atoms with Crippen molar-refractivity contribution in [3.8, 4) is 5.88 Å². The molecule has 0 aromatic carbocycles. The summed E-state index contributed by atoms with van der Waals surface area (Å²) in [6, 6.07) is 0. The van der Waals surface area contributed by atoms with Crippen LogP contribution in [0, 0.1) is 16.0 Å². The number of rotatable bonds is 6. The third-order valence-electron chi connectivity index (χ3n) is 2.19. The molecular weight excluding hydrogens is 236 g/mol. The van der Waals surface area contributed by atoms with Crippen molar-refractivity contribution < 1.29 is 9.66 Å². The summed E-state index contributed by atoms with van der Waals surface area (Å²) in [6.07, 6.45) is 0.646. The molecule has 18 heavy (non-hydrogen) atoms. The number of hydrogen-bond donors (Lipinski definition) is 1. The van der Waals surface area contributed by atoms with E-state index in [0.717, 1.165) is 0 Å². The zero-order chi connectivity index (χ0) is 13.7. The van der Waals surface area contributed by atoms with Gasteiger partial charge in [-0.1, -0.05) is 13.8 Å². The van der Waals surface area contributed by atoms with Crippen LogP contribution in [0.25, 0.3) is 0 Å². The van der Waals surface area contributed by atoms with Gasteiger partial charge in [0.25, 0.3) is 5.88 Å². The maximum absolute atomic E-state index is 11.0. The Hall–Kier alpha value is -1.92. The molecule has 7 nitrogen and oxygen atoms in total. The number of anilines is 1. The zero-order valence-corrected chi connectivity index (χ0v) is 11.1. The largest absolute Gasteiger partial charge is 0.473 e. The average molecular weight is 254 g/mol. The normalized spacial score (nSPS) is 10.5. The molecule has 100 valence electrons. The zero-order valence-electron chi connectivity index (χ0n) is 11.1. The fourth-order valence-corrected chi connectivity index (χ4v) is 1.51. The van der Waals surface area contributed by atoms with Crippen LogP contribution in [-0.2, 0) is 6.42 Å². The van der Waals surface area contributed by atoms with E-state index in [1.165, 1.54) is 0 Å². The van der Waals surface area contributed by atoms with Crippen molar-refractivity contribution in [3.63, 3.8) is 0 Å². The maximum Gasteiger partial charge on any atom is 0.372 e. The Morgan fingerprint density at radius 1 is 1.44 bits per heavy atom. The molecule has 0 bridgehead atoms. The SMILES string of the molecule is CCOc1nc(CC(C)C)nc(NC)c1[N+](=O)[O-]. The van der Waals surface area contributed by atoms with Crippen LogP contribution in [0.3, 0.4) is 0 Å². The van der Waals surface area contributed by atoms with Gasteiger partial charge in [-0.25, -0.2) is 4.98 Å². The van der Waals surface area contributed by atoms with Gasteiger partial charge in [0.05, 0.1) is 11.5 Å². The summed E-state index contributed by atoms with van der Waals surface area (Å²) in [4.78, 5) is 18.8. The van der Waals surface area contributed by atoms with Gasteiger partial charge in [0.2, 0.25) is 5.82 Å². The van der Waals surface area contributed by atoms with Crippen molar-refractivity contribution in [2.45, 2.75) is 27.2 Å². The van der Waals surface area contributed by atoms with Crippen LogP contribution in [0.1, 0.15) is 26.6 Å². The van der Waals surface area contributed by atoms with E-state index >= 15 is 0 Å². The van der Waals surface area contributed by atoms with Crippen molar-refractivity contribution in [1.82, 2.24) is 9.97 Å². The molecule has 1 aromatic rings. The van der Waals surface area contributed by atoms with Crippen LogP contribution in [-0.4, -0.2) is 28.5 Å². The van der Waals surface area contributed by atoms with E-state index in [9.17, 15) is 10.1 Å². The quantitative estimate of drug-likeness (QED) is 0.617. The highest BCUT2D eigenvalue weighted by Crippen LogP contribution is 2.31. The van der Waals surface area contributed by atoms with E-state index in [0.29, 0.717) is 24.8 Å². The lowest BCUT2D eigenvalue weighted by Crippen LogP contribution is -2.10. The summed E-state index contributed by atoms with van der Waals surface area (Å²) in [5.74, 6) is 1.13. The summed E-state index contributed by atoms with van der Waals surface area (Å²) in [6.45, 7) is 6.14. The van der Waals surface area contributed by atoms with Crippen molar-refractivity contribution in [3.05, 3.63) is 15.9 Å². The van der Waals surface area contributed by atoms with Crippen LogP contribution < -0.4 is 10.1 Å². The average Bonchev–Trinajstić information content (AvgIpc) is 2.27. The van der Waals surface area contributed by atoms with Crippen molar-refractivity contribution in [2.24, 2.45) is 5.92 Å². The molecule has 0 radical (unpaired) electrons. The van der Waals surface area contributed by atoms with E-state index in [1.54, 1.807) is 14.0 Å². The van der Waals surface area contributed by atoms with Crippen molar-refractivity contribution >= 4 is 11.5 Å². The Labute approximate surface area is 106 Å². The Kier molecular flexibility index (Phi) is 4.82. The molecule has 0 fully saturated rings. The standard InChI is InChI=1S/C11H18N4O3/c1-5-18-11-9(15(16)17)10(12-4)13-8(14-11)6-7(2)3/h7H,5-6H2,1-4H3,(H,12,13,14). The summed E-state index contributed by atoms with van der Waals surface area (Å²) in [7, 11) is 1.59. The Morgan fingerprint density at radius 2 is 2.11 bits per heavy atom. The minimum atomic E-state index is -0.532. The molecule has 1 N–H and O–H groups in total. The van der Waals surface area contributed by atoms with Crippen LogP contribution in [0.15, 0.2) is 0 Å². The van der Waals surface area contributed by atoms with E-state index in [1.807, 2.05) is 13.8 Å². The third-order valence-corrected chi connectivity index (χ3v) is 2.19. The van der Waals surface area contributed by atoms with Gasteiger partial charge in [-0.2, -0.15) is 4.98 Å². The predicted octanol–water partition coefficient (Wildman–Crippen LogP) is 2.02. The lowest BCUT2D eigenvalue weighted by Gasteiger charge is -2.10. The Morgan fingerprint density at radius 3 is 2.56 bits per heavy atom. The number of nitrogens with one attached hydrogen (secondary N) is 1. The van der Waals surface area contributed by atoms with Gasteiger partial charge < -0.3 is 10.1 Å². The molecule has 1 rings (SSSR count). The second-order valence-electron chi connectivity index (χ2n) is 4.18. The maximum atomic E-state index is 11.0. The molecule has 0 aliphatic rings. The first-order valence-electron chi connectivity index (χ1n) is 5.85. The number of hydrogen-bond acceptors (Lipinski definition) is 6. The number of aromatic nitrogens is 2. The highest BCUT2D eigenvalue weighted by molar-refractivity contribution is 5.61. The highest BCUT2D eigenvalue weighted by atomic mass is 16.6. The Bertz CT molecular complexity index is 435. The molecule has 0 spiro atoms. The topological polar surface area (TPSA) is 90.2 Å². The third kappa shape index (κ3) is 3.28. The summed E-state index contributed by atoms with van der Waals surface area (Å²) in [5.41, 5.74) is -0.216. The van der Waals surface area contributed by atoms with E-state index in [-0.39, 0.29) is 17.4 Å². The van der Waals surface area contributed by atoms with Crippen LogP contribution in [0.4, 0.5) is 11.5 Å². The molecule has 0 amide bonds. The fraction of sp³-hybridized carbons (Fsp3) is 0.636. The van der Waals surface area contributed by atoms with Crippen molar-refractivity contribution in [2.75, 3.05) is 19.0 Å². The van der Waals surface area contributed by atoms with E-state index in [2.05, 4.69) is 15.3 Å². The molecule has 7 heteroatoms. The van der Waals surface area contributed by atoms with Crippen LogP contribution >= 0.6 is 0 Å². The monoisotopic (exact) mass is 254 g/mol. The first-order valence-corrected chi connectivity index (χ1v) is 5.85. The lowest BCUT2D eigenvalue weighted by atomic mass is 10.1. The predicted molar refractivity (Wildman–Crippen MR) is 67.9 cm³/mol. The summed E-state index contributed by atoms with van der Waals surface area (Å²) >= 11 is 0. The molecule has 0 unspecified atom stereocenters. The van der Waals surface area contributed by atoms with Gasteiger partial charge >= 0.3 is 5.69 Å². The van der Waals surface area contributed by atoms with E-state index in [4.69, 9.17) is 4.74 Å². The molecule has 0 saturated carbocycles. The number of nitro groups is 1. The van der Waals surface area contributed by atoms with Gasteiger partial charge in [0.15, 0.2) is 0 Å². The molecular formula is C11H18N4O3. The van der Waals surface area contributed by atoms with Crippen molar-refractivity contribution in [1.29, 1.82) is 0 Å². The second kappa shape index (κ2) is 6.13. The summed E-state index contributed by atoms with van der Waals surface area (Å²) in [5, 5.41) is 13.7. The lowest BCUT2D eigenvalue weighted by molar-refractivity contribution is -0.385. The van der Waals surface area contributed by atoms with E-state index < -0.39 is 4.92 Å². The first-order chi connectivity index (χ1) is 8.49. The first kappa shape index (κ1) is 14.1. The highest BCUT2D eigenvalue weighted by Gasteiger charge is 2.25. The minimum absolute atomic E-state index is 0.0255. The van der Waals surface area contributed by atoms with Gasteiger partial charge in [-0.05, 0) is 12.8 Å². The smallest absolute Gasteiger partial charge is 0.372 e. The molecule has 0 atom stereocenters. The molecule has 1 aromatic heterocycles. The van der Waals surface area contributed by atoms with Crippen LogP contribution in [0.5, 0.6) is 5.88 Å². The van der Waals surface area contributed by atoms with Gasteiger partial charge in [0.1, 0.15) is 5.82 Å². The van der Waals surface area contributed by atoms with Gasteiger partial charge in [-0.15, -0.1) is 0 Å². The number of nitrogens with zero attached hydrogens (tertiary/aromatic N) is 3. The van der Waals surface area contributed by atoms with Crippen LogP contribution in [0.2, 0.25) is 0 Å². The number of ether oxygens (including phenoxy) is 1. The molecule has 1 heterocycles. The van der Waals surface area contributed by atoms with Gasteiger partial charge in [0, 0.05) is 13.5 Å².